The molecule has 0 aliphatic carbocycles. The average Bonchev–Trinajstić information content (AvgIpc) is 2.88. The predicted molar refractivity (Wildman–Crippen MR) is 71.8 cm³/mol. The van der Waals surface area contributed by atoms with Crippen LogP contribution in [0.1, 0.15) is 12.5 Å². The van der Waals surface area contributed by atoms with Crippen LogP contribution in [-0.2, 0) is 16.0 Å². The summed E-state index contributed by atoms with van der Waals surface area (Å²) in [6.07, 6.45) is 3.73. The summed E-state index contributed by atoms with van der Waals surface area (Å²) in [5, 5.41) is 4.16. The lowest BCUT2D eigenvalue weighted by atomic mass is 10.1. The normalized spacial score (nSPS) is 12.2. The first-order valence-corrected chi connectivity index (χ1v) is 6.32. The second kappa shape index (κ2) is 6.29. The largest absolute Gasteiger partial charge is 0.465 e. The Bertz CT molecular complexity index is 580. The van der Waals surface area contributed by atoms with E-state index in [0.717, 1.165) is 11.3 Å². The van der Waals surface area contributed by atoms with Gasteiger partial charge in [0.25, 0.3) is 0 Å². The topological polar surface area (TPSA) is 70.1 Å². The third-order valence-electron chi connectivity index (χ3n) is 2.77. The molecule has 1 atom stereocenters. The zero-order chi connectivity index (χ0) is 14.5. The molecule has 0 saturated heterocycles. The maximum Gasteiger partial charge on any atom is 0.323 e. The predicted octanol–water partition coefficient (Wildman–Crippen LogP) is 1.44. The molecule has 0 aliphatic rings. The minimum atomic E-state index is -0.708. The van der Waals surface area contributed by atoms with Gasteiger partial charge >= 0.3 is 5.97 Å². The molecule has 0 saturated carbocycles. The van der Waals surface area contributed by atoms with E-state index in [1.807, 2.05) is 0 Å². The number of carbonyl (C=O) groups excluding carboxylic acids is 1. The highest BCUT2D eigenvalue weighted by Crippen LogP contribution is 2.10. The highest BCUT2D eigenvalue weighted by atomic mass is 19.1. The van der Waals surface area contributed by atoms with Crippen molar-refractivity contribution < 1.29 is 13.9 Å². The molecule has 2 N–H and O–H groups in total. The monoisotopic (exact) mass is 277 g/mol. The number of ether oxygens (including phenoxy) is 1. The summed E-state index contributed by atoms with van der Waals surface area (Å²) in [7, 11) is 0. The molecule has 1 unspecified atom stereocenters. The first-order valence-electron chi connectivity index (χ1n) is 6.32. The van der Waals surface area contributed by atoms with Gasteiger partial charge in [-0.05, 0) is 36.8 Å². The fourth-order valence-electron chi connectivity index (χ4n) is 1.79. The van der Waals surface area contributed by atoms with Gasteiger partial charge in [0, 0.05) is 12.6 Å². The molecule has 2 rings (SSSR count). The molecule has 0 radical (unpaired) electrons. The first-order chi connectivity index (χ1) is 9.60. The van der Waals surface area contributed by atoms with Gasteiger partial charge in [0.05, 0.1) is 18.5 Å². The standard InChI is InChI=1S/C14H16FN3O2/c1-2-20-14(19)13(16)7-10-8-17-18(9-10)12-5-3-11(15)4-6-12/h3-6,8-9,13H,2,7,16H2,1H3. The smallest absolute Gasteiger partial charge is 0.323 e. The number of nitrogens with two attached hydrogens (primary N) is 1. The molecule has 106 valence electrons. The number of hydrogen-bond acceptors (Lipinski definition) is 4. The van der Waals surface area contributed by atoms with Crippen molar-refractivity contribution in [2.24, 2.45) is 5.73 Å². The summed E-state index contributed by atoms with van der Waals surface area (Å²) >= 11 is 0. The SMILES string of the molecule is CCOC(=O)C(N)Cc1cnn(-c2ccc(F)cc2)c1. The lowest BCUT2D eigenvalue weighted by Gasteiger charge is -2.08. The Hall–Kier alpha value is -2.21. The van der Waals surface area contributed by atoms with Crippen LogP contribution in [-0.4, -0.2) is 28.4 Å². The van der Waals surface area contributed by atoms with Gasteiger partial charge < -0.3 is 10.5 Å². The lowest BCUT2D eigenvalue weighted by molar-refractivity contribution is -0.144. The van der Waals surface area contributed by atoms with Gasteiger partial charge in [0.2, 0.25) is 0 Å². The van der Waals surface area contributed by atoms with Crippen molar-refractivity contribution in [1.82, 2.24) is 9.78 Å². The lowest BCUT2D eigenvalue weighted by Crippen LogP contribution is -2.34. The van der Waals surface area contributed by atoms with Crippen LogP contribution in [0, 0.1) is 5.82 Å². The van der Waals surface area contributed by atoms with Crippen molar-refractivity contribution in [3.05, 3.63) is 48.0 Å². The number of rotatable bonds is 5. The zero-order valence-electron chi connectivity index (χ0n) is 11.1. The fourth-order valence-corrected chi connectivity index (χ4v) is 1.79. The van der Waals surface area contributed by atoms with E-state index in [2.05, 4.69) is 5.10 Å². The van der Waals surface area contributed by atoms with E-state index in [-0.39, 0.29) is 5.82 Å². The highest BCUT2D eigenvalue weighted by molar-refractivity contribution is 5.75. The molecule has 0 spiro atoms. The second-order valence-corrected chi connectivity index (χ2v) is 4.33. The number of hydrogen-bond donors (Lipinski definition) is 1. The van der Waals surface area contributed by atoms with Gasteiger partial charge in [0.15, 0.2) is 0 Å². The van der Waals surface area contributed by atoms with Gasteiger partial charge in [-0.15, -0.1) is 0 Å². The van der Waals surface area contributed by atoms with Crippen molar-refractivity contribution in [2.45, 2.75) is 19.4 Å². The number of aromatic nitrogens is 2. The molecule has 1 heterocycles. The Balaban J connectivity index is 2.05. The quantitative estimate of drug-likeness (QED) is 0.840. The summed E-state index contributed by atoms with van der Waals surface area (Å²) in [4.78, 5) is 11.4. The van der Waals surface area contributed by atoms with Crippen LogP contribution in [0.5, 0.6) is 0 Å². The van der Waals surface area contributed by atoms with Gasteiger partial charge in [-0.1, -0.05) is 0 Å². The minimum Gasteiger partial charge on any atom is -0.465 e. The third-order valence-corrected chi connectivity index (χ3v) is 2.77. The fraction of sp³-hybridized carbons (Fsp3) is 0.286. The van der Waals surface area contributed by atoms with Crippen LogP contribution >= 0.6 is 0 Å². The van der Waals surface area contributed by atoms with Crippen molar-refractivity contribution in [2.75, 3.05) is 6.61 Å². The molecule has 1 aromatic heterocycles. The number of benzene rings is 1. The molecule has 0 bridgehead atoms. The molecule has 1 aromatic carbocycles. The van der Waals surface area contributed by atoms with E-state index in [1.54, 1.807) is 36.1 Å². The first kappa shape index (κ1) is 14.2. The third kappa shape index (κ3) is 3.42. The van der Waals surface area contributed by atoms with Crippen molar-refractivity contribution in [1.29, 1.82) is 0 Å². The molecule has 5 nitrogen and oxygen atoms in total. The minimum absolute atomic E-state index is 0.300. The molecule has 0 amide bonds. The van der Waals surface area contributed by atoms with Crippen LogP contribution in [0.15, 0.2) is 36.7 Å². The summed E-state index contributed by atoms with van der Waals surface area (Å²) < 4.78 is 19.3. The second-order valence-electron chi connectivity index (χ2n) is 4.33. The van der Waals surface area contributed by atoms with Crippen LogP contribution in [0.4, 0.5) is 4.39 Å². The van der Waals surface area contributed by atoms with Crippen LogP contribution in [0.25, 0.3) is 5.69 Å². The van der Waals surface area contributed by atoms with E-state index in [0.29, 0.717) is 13.0 Å². The van der Waals surface area contributed by atoms with E-state index >= 15 is 0 Å². The van der Waals surface area contributed by atoms with Crippen LogP contribution in [0.3, 0.4) is 0 Å². The van der Waals surface area contributed by atoms with E-state index in [1.165, 1.54) is 12.1 Å². The van der Waals surface area contributed by atoms with Gasteiger partial charge in [0.1, 0.15) is 11.9 Å². The maximum absolute atomic E-state index is 12.8. The van der Waals surface area contributed by atoms with Gasteiger partial charge in [-0.25, -0.2) is 9.07 Å². The Morgan fingerprint density at radius 1 is 1.45 bits per heavy atom. The Morgan fingerprint density at radius 3 is 2.80 bits per heavy atom. The average molecular weight is 277 g/mol. The Labute approximate surface area is 116 Å². The summed E-state index contributed by atoms with van der Waals surface area (Å²) in [5.41, 5.74) is 7.29. The summed E-state index contributed by atoms with van der Waals surface area (Å²) in [6.45, 7) is 2.04. The van der Waals surface area contributed by atoms with E-state index in [4.69, 9.17) is 10.5 Å². The Kier molecular flexibility index (Phi) is 4.47. The molecular weight excluding hydrogens is 261 g/mol. The van der Waals surface area contributed by atoms with E-state index < -0.39 is 12.0 Å². The van der Waals surface area contributed by atoms with Crippen molar-refractivity contribution in [3.8, 4) is 5.69 Å². The molecular formula is C14H16FN3O2. The maximum atomic E-state index is 12.8. The highest BCUT2D eigenvalue weighted by Gasteiger charge is 2.16. The van der Waals surface area contributed by atoms with Crippen molar-refractivity contribution >= 4 is 5.97 Å². The van der Waals surface area contributed by atoms with Crippen molar-refractivity contribution in [3.63, 3.8) is 0 Å². The molecule has 20 heavy (non-hydrogen) atoms. The molecule has 2 aromatic rings. The zero-order valence-corrected chi connectivity index (χ0v) is 11.1. The van der Waals surface area contributed by atoms with Gasteiger partial charge in [-0.2, -0.15) is 5.10 Å². The number of carbonyl (C=O) groups is 1. The number of nitrogens with zero attached hydrogens (tertiary/aromatic N) is 2. The van der Waals surface area contributed by atoms with E-state index in [9.17, 15) is 9.18 Å². The van der Waals surface area contributed by atoms with Crippen LogP contribution < -0.4 is 5.73 Å². The summed E-state index contributed by atoms with van der Waals surface area (Å²) in [5.74, 6) is -0.729. The molecule has 6 heteroatoms. The molecule has 0 fully saturated rings. The Morgan fingerprint density at radius 2 is 2.15 bits per heavy atom. The summed E-state index contributed by atoms with van der Waals surface area (Å²) in [6, 6.07) is 5.26. The number of halogens is 1. The van der Waals surface area contributed by atoms with Crippen LogP contribution in [0.2, 0.25) is 0 Å². The molecule has 0 aliphatic heterocycles. The van der Waals surface area contributed by atoms with Gasteiger partial charge in [-0.3, -0.25) is 4.79 Å². The number of esters is 1.